The predicted octanol–water partition coefficient (Wildman–Crippen LogP) is 0.982. The minimum Gasteiger partial charge on any atom is -0.396 e. The molecule has 0 spiro atoms. The maximum absolute atomic E-state index is 5.68. The average molecular weight is 209 g/mol. The van der Waals surface area contributed by atoms with E-state index < -0.39 is 0 Å². The highest BCUT2D eigenvalue weighted by Gasteiger charge is 2.04. The van der Waals surface area contributed by atoms with Crippen LogP contribution in [0.3, 0.4) is 0 Å². The van der Waals surface area contributed by atoms with Gasteiger partial charge in [-0.2, -0.15) is 5.10 Å². The summed E-state index contributed by atoms with van der Waals surface area (Å²) in [5.74, 6) is 0. The molecule has 6 heteroatoms. The molecular weight excluding hydrogens is 198 g/mol. The van der Waals surface area contributed by atoms with E-state index in [9.17, 15) is 0 Å². The molecule has 0 saturated heterocycles. The number of anilines is 1. The van der Waals surface area contributed by atoms with Gasteiger partial charge in [0, 0.05) is 6.20 Å². The number of hydrogen-bond donors (Lipinski definition) is 1. The van der Waals surface area contributed by atoms with Crippen LogP contribution in [0.4, 0.5) is 5.69 Å². The van der Waals surface area contributed by atoms with Crippen molar-refractivity contribution in [1.29, 1.82) is 0 Å². The molecule has 0 aliphatic carbocycles. The Morgan fingerprint density at radius 1 is 1.43 bits per heavy atom. The van der Waals surface area contributed by atoms with Crippen molar-refractivity contribution in [3.63, 3.8) is 0 Å². The summed E-state index contributed by atoms with van der Waals surface area (Å²) in [6, 6.07) is 0. The minimum atomic E-state index is 0.642. The SMILES string of the molecule is Cc1nnc(Cn2cc(N)c(C)n2)s1. The van der Waals surface area contributed by atoms with Gasteiger partial charge in [0.1, 0.15) is 10.0 Å². The molecule has 5 nitrogen and oxygen atoms in total. The fourth-order valence-electron chi connectivity index (χ4n) is 1.15. The molecule has 0 fully saturated rings. The smallest absolute Gasteiger partial charge is 0.139 e. The number of hydrogen-bond acceptors (Lipinski definition) is 5. The number of nitrogen functional groups attached to an aromatic ring is 1. The zero-order valence-electron chi connectivity index (χ0n) is 8.06. The molecule has 0 saturated carbocycles. The van der Waals surface area contributed by atoms with Gasteiger partial charge in [-0.05, 0) is 13.8 Å². The number of aromatic nitrogens is 4. The first-order valence-electron chi connectivity index (χ1n) is 4.23. The Hall–Kier alpha value is -1.43. The second kappa shape index (κ2) is 3.38. The Balaban J connectivity index is 2.18. The molecular formula is C8H11N5S. The van der Waals surface area contributed by atoms with Gasteiger partial charge < -0.3 is 5.73 Å². The van der Waals surface area contributed by atoms with Crippen molar-refractivity contribution in [3.8, 4) is 0 Å². The van der Waals surface area contributed by atoms with Gasteiger partial charge in [0.2, 0.25) is 0 Å². The third-order valence-electron chi connectivity index (χ3n) is 1.85. The largest absolute Gasteiger partial charge is 0.396 e. The van der Waals surface area contributed by atoms with Gasteiger partial charge in [0.15, 0.2) is 0 Å². The van der Waals surface area contributed by atoms with Crippen molar-refractivity contribution in [3.05, 3.63) is 21.9 Å². The van der Waals surface area contributed by atoms with Crippen molar-refractivity contribution in [2.75, 3.05) is 5.73 Å². The van der Waals surface area contributed by atoms with Gasteiger partial charge in [-0.15, -0.1) is 10.2 Å². The summed E-state index contributed by atoms with van der Waals surface area (Å²) in [5.41, 5.74) is 7.25. The summed E-state index contributed by atoms with van der Waals surface area (Å²) in [6.45, 7) is 4.46. The van der Waals surface area contributed by atoms with E-state index in [1.54, 1.807) is 16.0 Å². The first kappa shape index (κ1) is 9.14. The third kappa shape index (κ3) is 1.74. The highest BCUT2D eigenvalue weighted by Crippen LogP contribution is 2.12. The Kier molecular flexibility index (Phi) is 2.20. The first-order chi connectivity index (χ1) is 6.65. The summed E-state index contributed by atoms with van der Waals surface area (Å²) in [7, 11) is 0. The summed E-state index contributed by atoms with van der Waals surface area (Å²) in [4.78, 5) is 0. The molecule has 0 amide bonds. The number of nitrogens with two attached hydrogens (primary N) is 1. The molecule has 0 bridgehead atoms. The Morgan fingerprint density at radius 3 is 2.71 bits per heavy atom. The monoisotopic (exact) mass is 209 g/mol. The van der Waals surface area contributed by atoms with Crippen LogP contribution >= 0.6 is 11.3 Å². The zero-order valence-corrected chi connectivity index (χ0v) is 8.88. The van der Waals surface area contributed by atoms with Crippen LogP contribution in [-0.2, 0) is 6.54 Å². The predicted molar refractivity (Wildman–Crippen MR) is 55.1 cm³/mol. The first-order valence-corrected chi connectivity index (χ1v) is 5.05. The van der Waals surface area contributed by atoms with E-state index in [1.807, 2.05) is 20.0 Å². The summed E-state index contributed by atoms with van der Waals surface area (Å²) in [6.07, 6.45) is 1.81. The van der Waals surface area contributed by atoms with Crippen LogP contribution < -0.4 is 5.73 Å². The lowest BCUT2D eigenvalue weighted by molar-refractivity contribution is 0.670. The second-order valence-corrected chi connectivity index (χ2v) is 4.35. The molecule has 2 aromatic heterocycles. The second-order valence-electron chi connectivity index (χ2n) is 3.08. The Bertz CT molecular complexity index is 425. The van der Waals surface area contributed by atoms with Crippen LogP contribution in [0.1, 0.15) is 15.7 Å². The molecule has 2 N–H and O–H groups in total. The highest BCUT2D eigenvalue weighted by molar-refractivity contribution is 7.11. The van der Waals surface area contributed by atoms with Gasteiger partial charge in [-0.25, -0.2) is 0 Å². The molecule has 0 aliphatic heterocycles. The maximum atomic E-state index is 5.68. The highest BCUT2D eigenvalue weighted by atomic mass is 32.1. The lowest BCUT2D eigenvalue weighted by Gasteiger charge is -1.94. The summed E-state index contributed by atoms with van der Waals surface area (Å²) in [5, 5.41) is 14.1. The van der Waals surface area contributed by atoms with E-state index in [0.717, 1.165) is 15.7 Å². The zero-order chi connectivity index (χ0) is 10.1. The molecule has 0 aliphatic rings. The van der Waals surface area contributed by atoms with Gasteiger partial charge in [-0.1, -0.05) is 11.3 Å². The van der Waals surface area contributed by atoms with E-state index in [4.69, 9.17) is 5.73 Å². The molecule has 2 heterocycles. The van der Waals surface area contributed by atoms with Crippen LogP contribution in [-0.4, -0.2) is 20.0 Å². The normalized spacial score (nSPS) is 10.7. The van der Waals surface area contributed by atoms with Gasteiger partial charge >= 0.3 is 0 Å². The number of rotatable bonds is 2. The molecule has 0 aromatic carbocycles. The molecule has 2 rings (SSSR count). The van der Waals surface area contributed by atoms with Crippen molar-refractivity contribution < 1.29 is 0 Å². The van der Waals surface area contributed by atoms with E-state index in [1.165, 1.54) is 0 Å². The van der Waals surface area contributed by atoms with Gasteiger partial charge in [0.05, 0.1) is 17.9 Å². The van der Waals surface area contributed by atoms with Gasteiger partial charge in [-0.3, -0.25) is 4.68 Å². The fourth-order valence-corrected chi connectivity index (χ4v) is 1.86. The standard InChI is InChI=1S/C8H11N5S/c1-5-7(9)3-13(12-5)4-8-11-10-6(2)14-8/h3H,4,9H2,1-2H3. The quantitative estimate of drug-likeness (QED) is 0.800. The minimum absolute atomic E-state index is 0.642. The molecule has 0 radical (unpaired) electrons. The van der Waals surface area contributed by atoms with Crippen LogP contribution in [0.15, 0.2) is 6.20 Å². The number of nitrogens with zero attached hydrogens (tertiary/aromatic N) is 4. The third-order valence-corrected chi connectivity index (χ3v) is 2.67. The summed E-state index contributed by atoms with van der Waals surface area (Å²) >= 11 is 1.57. The summed E-state index contributed by atoms with van der Waals surface area (Å²) < 4.78 is 1.78. The van der Waals surface area contributed by atoms with E-state index >= 15 is 0 Å². The van der Waals surface area contributed by atoms with Crippen molar-refractivity contribution in [2.45, 2.75) is 20.4 Å². The van der Waals surface area contributed by atoms with Crippen LogP contribution in [0.2, 0.25) is 0 Å². The van der Waals surface area contributed by atoms with Crippen LogP contribution in [0, 0.1) is 13.8 Å². The van der Waals surface area contributed by atoms with Crippen LogP contribution in [0.5, 0.6) is 0 Å². The average Bonchev–Trinajstić information content (AvgIpc) is 2.62. The van der Waals surface area contributed by atoms with Crippen molar-refractivity contribution in [2.24, 2.45) is 0 Å². The lowest BCUT2D eigenvalue weighted by atomic mass is 10.4. The molecule has 74 valence electrons. The van der Waals surface area contributed by atoms with E-state index in [-0.39, 0.29) is 0 Å². The Morgan fingerprint density at radius 2 is 2.21 bits per heavy atom. The topological polar surface area (TPSA) is 69.6 Å². The number of aryl methyl sites for hydroxylation is 2. The van der Waals surface area contributed by atoms with Crippen molar-refractivity contribution in [1.82, 2.24) is 20.0 Å². The van der Waals surface area contributed by atoms with Gasteiger partial charge in [0.25, 0.3) is 0 Å². The van der Waals surface area contributed by atoms with Crippen molar-refractivity contribution >= 4 is 17.0 Å². The maximum Gasteiger partial charge on any atom is 0.139 e. The van der Waals surface area contributed by atoms with E-state index in [2.05, 4.69) is 15.3 Å². The molecule has 2 aromatic rings. The Labute approximate surface area is 85.6 Å². The van der Waals surface area contributed by atoms with E-state index in [0.29, 0.717) is 12.2 Å². The molecule has 0 unspecified atom stereocenters. The van der Waals surface area contributed by atoms with Crippen LogP contribution in [0.25, 0.3) is 0 Å². The fraction of sp³-hybridized carbons (Fsp3) is 0.375. The lowest BCUT2D eigenvalue weighted by Crippen LogP contribution is -1.99. The molecule has 0 atom stereocenters. The molecule has 14 heavy (non-hydrogen) atoms.